The summed E-state index contributed by atoms with van der Waals surface area (Å²) in [5.74, 6) is 0.894. The first kappa shape index (κ1) is 9.07. The van der Waals surface area contributed by atoms with E-state index in [0.717, 1.165) is 42.8 Å². The van der Waals surface area contributed by atoms with Gasteiger partial charge in [0.05, 0.1) is 0 Å². The second-order valence-corrected chi connectivity index (χ2v) is 4.19. The Morgan fingerprint density at radius 1 is 1.55 bits per heavy atom. The maximum absolute atomic E-state index is 7.26. The van der Waals surface area contributed by atoms with Gasteiger partial charge in [-0.05, 0) is 19.8 Å². The van der Waals surface area contributed by atoms with Crippen LogP contribution >= 0.6 is 11.8 Å². The third-order valence-corrected chi connectivity index (χ3v) is 3.25. The van der Waals surface area contributed by atoms with Gasteiger partial charge in [-0.2, -0.15) is 11.8 Å². The number of hydrogen-bond acceptors (Lipinski definition) is 3. The van der Waals surface area contributed by atoms with Crippen LogP contribution < -0.4 is 0 Å². The van der Waals surface area contributed by atoms with Crippen molar-refractivity contribution in [1.29, 1.82) is 5.41 Å². The predicted octanol–water partition coefficient (Wildman–Crippen LogP) is 1.94. The molecular formula is C8H15NOS. The summed E-state index contributed by atoms with van der Waals surface area (Å²) >= 11 is 1.90. The van der Waals surface area contributed by atoms with Crippen molar-refractivity contribution in [3.8, 4) is 0 Å². The molecule has 0 unspecified atom stereocenters. The van der Waals surface area contributed by atoms with Crippen molar-refractivity contribution in [3.63, 3.8) is 0 Å². The van der Waals surface area contributed by atoms with Gasteiger partial charge in [0, 0.05) is 29.9 Å². The standard InChI is InChI=1S/C8H15NOS/c1-7(9)6-11-8-2-4-10-5-3-8/h8-9H,2-6H2,1H3. The highest BCUT2D eigenvalue weighted by molar-refractivity contribution is 8.00. The average molecular weight is 173 g/mol. The van der Waals surface area contributed by atoms with Crippen LogP contribution in [0.1, 0.15) is 19.8 Å². The summed E-state index contributed by atoms with van der Waals surface area (Å²) in [5.41, 5.74) is 0.779. The van der Waals surface area contributed by atoms with Crippen LogP contribution in [0.3, 0.4) is 0 Å². The summed E-state index contributed by atoms with van der Waals surface area (Å²) < 4.78 is 5.24. The van der Waals surface area contributed by atoms with Crippen LogP contribution in [0, 0.1) is 5.41 Å². The molecule has 1 rings (SSSR count). The Hall–Kier alpha value is -0.0200. The fraction of sp³-hybridized carbons (Fsp3) is 0.875. The van der Waals surface area contributed by atoms with E-state index in [9.17, 15) is 0 Å². The van der Waals surface area contributed by atoms with Crippen LogP contribution in [0.5, 0.6) is 0 Å². The minimum atomic E-state index is 0.740. The highest BCUT2D eigenvalue weighted by atomic mass is 32.2. The molecule has 1 heterocycles. The molecule has 0 aliphatic carbocycles. The molecular weight excluding hydrogens is 158 g/mol. The zero-order valence-electron chi connectivity index (χ0n) is 6.93. The molecule has 2 nitrogen and oxygen atoms in total. The highest BCUT2D eigenvalue weighted by Crippen LogP contribution is 2.21. The normalized spacial score (nSPS) is 20.1. The maximum atomic E-state index is 7.26. The van der Waals surface area contributed by atoms with E-state index in [-0.39, 0.29) is 0 Å². The molecule has 0 radical (unpaired) electrons. The second-order valence-electron chi connectivity index (χ2n) is 2.90. The Morgan fingerprint density at radius 3 is 2.73 bits per heavy atom. The maximum Gasteiger partial charge on any atom is 0.0476 e. The van der Waals surface area contributed by atoms with Gasteiger partial charge >= 0.3 is 0 Å². The number of ether oxygens (including phenoxy) is 1. The number of nitrogens with one attached hydrogen (secondary N) is 1. The van der Waals surface area contributed by atoms with E-state index in [2.05, 4.69) is 0 Å². The smallest absolute Gasteiger partial charge is 0.0476 e. The van der Waals surface area contributed by atoms with Crippen molar-refractivity contribution < 1.29 is 4.74 Å². The first-order valence-electron chi connectivity index (χ1n) is 4.02. The molecule has 0 atom stereocenters. The van der Waals surface area contributed by atoms with Crippen LogP contribution in [0.25, 0.3) is 0 Å². The van der Waals surface area contributed by atoms with E-state index in [4.69, 9.17) is 10.1 Å². The molecule has 1 fully saturated rings. The van der Waals surface area contributed by atoms with Crippen LogP contribution in [0.4, 0.5) is 0 Å². The molecule has 64 valence electrons. The van der Waals surface area contributed by atoms with Gasteiger partial charge in [0.1, 0.15) is 0 Å². The van der Waals surface area contributed by atoms with Crippen LogP contribution in [0.15, 0.2) is 0 Å². The van der Waals surface area contributed by atoms with E-state index in [0.29, 0.717) is 0 Å². The summed E-state index contributed by atoms with van der Waals surface area (Å²) in [6.45, 7) is 3.69. The number of thioether (sulfide) groups is 1. The second kappa shape index (κ2) is 4.78. The SMILES string of the molecule is CC(=N)CSC1CCOCC1. The first-order chi connectivity index (χ1) is 5.29. The van der Waals surface area contributed by atoms with Gasteiger partial charge in [0.2, 0.25) is 0 Å². The fourth-order valence-corrected chi connectivity index (χ4v) is 2.10. The molecule has 0 aromatic rings. The molecule has 1 aliphatic rings. The van der Waals surface area contributed by atoms with Crippen molar-refractivity contribution in [3.05, 3.63) is 0 Å². The van der Waals surface area contributed by atoms with Gasteiger partial charge in [-0.1, -0.05) is 0 Å². The number of hydrogen-bond donors (Lipinski definition) is 1. The minimum absolute atomic E-state index is 0.740. The van der Waals surface area contributed by atoms with Crippen molar-refractivity contribution in [2.75, 3.05) is 19.0 Å². The van der Waals surface area contributed by atoms with Crippen molar-refractivity contribution in [2.45, 2.75) is 25.0 Å². The largest absolute Gasteiger partial charge is 0.381 e. The lowest BCUT2D eigenvalue weighted by Gasteiger charge is -2.20. The van der Waals surface area contributed by atoms with Crippen LogP contribution in [-0.4, -0.2) is 29.9 Å². The van der Waals surface area contributed by atoms with Gasteiger partial charge in [-0.15, -0.1) is 0 Å². The minimum Gasteiger partial charge on any atom is -0.381 e. The zero-order valence-corrected chi connectivity index (χ0v) is 7.75. The molecule has 0 saturated carbocycles. The van der Waals surface area contributed by atoms with Crippen molar-refractivity contribution >= 4 is 17.5 Å². The summed E-state index contributed by atoms with van der Waals surface area (Å²) in [5, 5.41) is 8.00. The Labute approximate surface area is 72.2 Å². The van der Waals surface area contributed by atoms with E-state index >= 15 is 0 Å². The molecule has 0 aromatic carbocycles. The van der Waals surface area contributed by atoms with Crippen molar-refractivity contribution in [2.24, 2.45) is 0 Å². The third-order valence-electron chi connectivity index (χ3n) is 1.70. The molecule has 0 bridgehead atoms. The summed E-state index contributed by atoms with van der Waals surface area (Å²) in [4.78, 5) is 0. The lowest BCUT2D eigenvalue weighted by atomic mass is 10.2. The molecule has 3 heteroatoms. The Morgan fingerprint density at radius 2 is 2.18 bits per heavy atom. The molecule has 0 aromatic heterocycles. The lowest BCUT2D eigenvalue weighted by Crippen LogP contribution is -2.18. The average Bonchev–Trinajstić information content (AvgIpc) is 2.03. The van der Waals surface area contributed by atoms with Crippen molar-refractivity contribution in [1.82, 2.24) is 0 Å². The number of rotatable bonds is 3. The molecule has 1 aliphatic heterocycles. The molecule has 0 amide bonds. The summed E-state index contributed by atoms with van der Waals surface area (Å²) in [7, 11) is 0. The lowest BCUT2D eigenvalue weighted by molar-refractivity contribution is 0.100. The summed E-state index contributed by atoms with van der Waals surface area (Å²) in [6, 6.07) is 0. The van der Waals surface area contributed by atoms with E-state index in [1.807, 2.05) is 18.7 Å². The van der Waals surface area contributed by atoms with E-state index in [1.54, 1.807) is 0 Å². The van der Waals surface area contributed by atoms with Crippen LogP contribution in [-0.2, 0) is 4.74 Å². The monoisotopic (exact) mass is 173 g/mol. The molecule has 0 spiro atoms. The Bertz CT molecular complexity index is 132. The first-order valence-corrected chi connectivity index (χ1v) is 5.07. The molecule has 1 N–H and O–H groups in total. The molecule has 1 saturated heterocycles. The predicted molar refractivity (Wildman–Crippen MR) is 49.7 cm³/mol. The van der Waals surface area contributed by atoms with E-state index in [1.165, 1.54) is 0 Å². The summed E-state index contributed by atoms with van der Waals surface area (Å²) in [6.07, 6.45) is 2.33. The molecule has 11 heavy (non-hydrogen) atoms. The fourth-order valence-electron chi connectivity index (χ4n) is 1.09. The van der Waals surface area contributed by atoms with Gasteiger partial charge in [0.15, 0.2) is 0 Å². The van der Waals surface area contributed by atoms with Gasteiger partial charge in [-0.25, -0.2) is 0 Å². The quantitative estimate of drug-likeness (QED) is 0.662. The van der Waals surface area contributed by atoms with Gasteiger partial charge in [-0.3, -0.25) is 0 Å². The topological polar surface area (TPSA) is 33.1 Å². The van der Waals surface area contributed by atoms with Gasteiger partial charge in [0.25, 0.3) is 0 Å². The highest BCUT2D eigenvalue weighted by Gasteiger charge is 2.13. The Balaban J connectivity index is 2.09. The Kier molecular flexibility index (Phi) is 3.94. The third kappa shape index (κ3) is 3.77. The zero-order chi connectivity index (χ0) is 8.10. The van der Waals surface area contributed by atoms with Crippen LogP contribution in [0.2, 0.25) is 0 Å². The van der Waals surface area contributed by atoms with Gasteiger partial charge < -0.3 is 10.1 Å². The van der Waals surface area contributed by atoms with E-state index < -0.39 is 0 Å².